The number of primary amides is 1. The predicted molar refractivity (Wildman–Crippen MR) is 101 cm³/mol. The van der Waals surface area contributed by atoms with Crippen molar-refractivity contribution in [1.29, 1.82) is 0 Å². The topological polar surface area (TPSA) is 117 Å². The minimum absolute atomic E-state index is 0.324. The molecule has 0 unspecified atom stereocenters. The first-order chi connectivity index (χ1) is 12.7. The van der Waals surface area contributed by atoms with Gasteiger partial charge in [-0.25, -0.2) is 9.59 Å². The molecule has 0 heterocycles. The van der Waals surface area contributed by atoms with Crippen molar-refractivity contribution in [3.8, 4) is 11.5 Å². The van der Waals surface area contributed by atoms with Crippen molar-refractivity contribution in [3.63, 3.8) is 0 Å². The normalized spacial score (nSPS) is 11.9. The molecule has 27 heavy (non-hydrogen) atoms. The van der Waals surface area contributed by atoms with E-state index < -0.39 is 24.0 Å². The molecular weight excluding hydrogens is 376 g/mol. The second kappa shape index (κ2) is 10.4. The van der Waals surface area contributed by atoms with Crippen molar-refractivity contribution < 1.29 is 28.6 Å². The van der Waals surface area contributed by atoms with Crippen molar-refractivity contribution in [2.24, 2.45) is 11.7 Å². The Morgan fingerprint density at radius 3 is 2.48 bits per heavy atom. The molecular formula is C18H23ClN2O6. The van der Waals surface area contributed by atoms with E-state index in [0.717, 1.165) is 6.08 Å². The summed E-state index contributed by atoms with van der Waals surface area (Å²) in [4.78, 5) is 34.7. The number of esters is 1. The quantitative estimate of drug-likeness (QED) is 0.513. The maximum absolute atomic E-state index is 12.0. The average molecular weight is 399 g/mol. The number of benzene rings is 1. The molecule has 0 fully saturated rings. The number of halogens is 1. The lowest BCUT2D eigenvalue weighted by atomic mass is 10.1. The van der Waals surface area contributed by atoms with Crippen molar-refractivity contribution in [2.75, 3.05) is 13.7 Å². The molecule has 0 saturated heterocycles. The third kappa shape index (κ3) is 6.82. The van der Waals surface area contributed by atoms with Gasteiger partial charge in [0.25, 0.3) is 5.91 Å². The Balaban J connectivity index is 2.92. The number of methoxy groups -OCH3 is 1. The number of imide groups is 1. The van der Waals surface area contributed by atoms with Crippen LogP contribution in [0.1, 0.15) is 26.3 Å². The van der Waals surface area contributed by atoms with Crippen LogP contribution >= 0.6 is 11.6 Å². The molecule has 1 atom stereocenters. The molecule has 8 nitrogen and oxygen atoms in total. The van der Waals surface area contributed by atoms with Crippen molar-refractivity contribution in [1.82, 2.24) is 5.32 Å². The van der Waals surface area contributed by atoms with Crippen LogP contribution in [0.5, 0.6) is 11.5 Å². The lowest BCUT2D eigenvalue weighted by Crippen LogP contribution is -2.45. The fraction of sp³-hybridized carbons (Fsp3) is 0.389. The van der Waals surface area contributed by atoms with E-state index in [4.69, 9.17) is 31.5 Å². The first-order valence-electron chi connectivity index (χ1n) is 8.18. The van der Waals surface area contributed by atoms with E-state index in [2.05, 4.69) is 0 Å². The number of amides is 3. The van der Waals surface area contributed by atoms with E-state index in [1.165, 1.54) is 13.2 Å². The van der Waals surface area contributed by atoms with E-state index in [0.29, 0.717) is 28.7 Å². The van der Waals surface area contributed by atoms with Gasteiger partial charge in [0, 0.05) is 6.08 Å². The summed E-state index contributed by atoms with van der Waals surface area (Å²) >= 11 is 6.17. The summed E-state index contributed by atoms with van der Waals surface area (Å²) in [6.07, 6.45) is 1.43. The number of hydrogen-bond donors (Lipinski definition) is 2. The summed E-state index contributed by atoms with van der Waals surface area (Å²) in [6, 6.07) is 2.22. The number of hydrogen-bond acceptors (Lipinski definition) is 6. The molecule has 0 aromatic heterocycles. The largest absolute Gasteiger partial charge is 0.493 e. The number of rotatable bonds is 8. The van der Waals surface area contributed by atoms with Crippen LogP contribution in [-0.4, -0.2) is 37.7 Å². The average Bonchev–Trinajstić information content (AvgIpc) is 2.58. The third-order valence-electron chi connectivity index (χ3n) is 3.31. The molecule has 0 aliphatic rings. The Hall–Kier alpha value is -2.74. The summed E-state index contributed by atoms with van der Waals surface area (Å²) in [5.41, 5.74) is 5.48. The smallest absolute Gasteiger partial charge is 0.331 e. The number of nitrogens with two attached hydrogens (primary N) is 1. The van der Waals surface area contributed by atoms with Crippen LogP contribution in [0.2, 0.25) is 5.02 Å². The molecule has 1 aromatic rings. The molecule has 148 valence electrons. The van der Waals surface area contributed by atoms with Crippen molar-refractivity contribution in [3.05, 3.63) is 28.8 Å². The van der Waals surface area contributed by atoms with Gasteiger partial charge in [0.2, 0.25) is 0 Å². The Bertz CT molecular complexity index is 733. The van der Waals surface area contributed by atoms with Crippen LogP contribution in [0.15, 0.2) is 18.2 Å². The Kier molecular flexibility index (Phi) is 8.61. The summed E-state index contributed by atoms with van der Waals surface area (Å²) in [5, 5.41) is 2.22. The summed E-state index contributed by atoms with van der Waals surface area (Å²) < 4.78 is 15.8. The fourth-order valence-corrected chi connectivity index (χ4v) is 2.41. The zero-order valence-electron chi connectivity index (χ0n) is 15.6. The number of nitrogens with one attached hydrogen (secondary N) is 1. The Morgan fingerprint density at radius 2 is 1.96 bits per heavy atom. The second-order valence-corrected chi connectivity index (χ2v) is 6.16. The molecule has 0 aliphatic carbocycles. The number of ether oxygens (including phenoxy) is 3. The lowest BCUT2D eigenvalue weighted by molar-refractivity contribution is -0.153. The third-order valence-corrected chi connectivity index (χ3v) is 3.59. The Morgan fingerprint density at radius 1 is 1.30 bits per heavy atom. The summed E-state index contributed by atoms with van der Waals surface area (Å²) in [5.74, 6) is -1.09. The van der Waals surface area contributed by atoms with Gasteiger partial charge in [0.1, 0.15) is 0 Å². The van der Waals surface area contributed by atoms with E-state index >= 15 is 0 Å². The zero-order chi connectivity index (χ0) is 20.6. The van der Waals surface area contributed by atoms with Gasteiger partial charge in [-0.3, -0.25) is 10.1 Å². The van der Waals surface area contributed by atoms with Gasteiger partial charge in [0.15, 0.2) is 17.6 Å². The number of carbonyl (C=O) groups excluding carboxylic acids is 3. The monoisotopic (exact) mass is 398 g/mol. The van der Waals surface area contributed by atoms with E-state index in [-0.39, 0.29) is 5.92 Å². The maximum Gasteiger partial charge on any atom is 0.331 e. The Labute approximate surface area is 162 Å². The summed E-state index contributed by atoms with van der Waals surface area (Å²) in [6.45, 7) is 5.57. The van der Waals surface area contributed by atoms with Gasteiger partial charge >= 0.3 is 12.0 Å². The first kappa shape index (κ1) is 22.3. The summed E-state index contributed by atoms with van der Waals surface area (Å²) in [7, 11) is 1.47. The van der Waals surface area contributed by atoms with Crippen molar-refractivity contribution in [2.45, 2.75) is 26.9 Å². The number of urea groups is 1. The zero-order valence-corrected chi connectivity index (χ0v) is 16.3. The second-order valence-electron chi connectivity index (χ2n) is 5.76. The van der Waals surface area contributed by atoms with Gasteiger partial charge in [-0.15, -0.1) is 0 Å². The van der Waals surface area contributed by atoms with Crippen LogP contribution < -0.4 is 20.5 Å². The molecule has 9 heteroatoms. The highest BCUT2D eigenvalue weighted by molar-refractivity contribution is 6.32. The standard InChI is InChI=1S/C18H23ClN2O6/c1-5-26-16-12(19)8-11(9-13(16)25-4)6-7-14(22)27-15(10(2)3)17(23)21-18(20)24/h6-10,15H,5H2,1-4H3,(H3,20,21,23,24)/b7-6+/t15-/m0/s1. The molecule has 3 N–H and O–H groups in total. The van der Waals surface area contributed by atoms with Crippen LogP contribution in [0.25, 0.3) is 6.08 Å². The molecule has 0 aliphatic heterocycles. The minimum Gasteiger partial charge on any atom is -0.493 e. The highest BCUT2D eigenvalue weighted by Gasteiger charge is 2.26. The van der Waals surface area contributed by atoms with Crippen LogP contribution in [0.4, 0.5) is 4.79 Å². The lowest BCUT2D eigenvalue weighted by Gasteiger charge is -2.18. The molecule has 1 rings (SSSR count). The van der Waals surface area contributed by atoms with Gasteiger partial charge in [-0.2, -0.15) is 0 Å². The molecule has 0 saturated carbocycles. The number of carbonyl (C=O) groups is 3. The van der Waals surface area contributed by atoms with Gasteiger partial charge in [0.05, 0.1) is 18.7 Å². The first-order valence-corrected chi connectivity index (χ1v) is 8.56. The van der Waals surface area contributed by atoms with Crippen molar-refractivity contribution >= 4 is 35.6 Å². The van der Waals surface area contributed by atoms with Gasteiger partial charge in [-0.05, 0) is 36.6 Å². The highest BCUT2D eigenvalue weighted by atomic mass is 35.5. The van der Waals surface area contributed by atoms with E-state index in [9.17, 15) is 14.4 Å². The van der Waals surface area contributed by atoms with Gasteiger partial charge in [-0.1, -0.05) is 25.4 Å². The fourth-order valence-electron chi connectivity index (χ4n) is 2.13. The van der Waals surface area contributed by atoms with E-state index in [1.807, 2.05) is 12.2 Å². The van der Waals surface area contributed by atoms with Crippen LogP contribution in [0, 0.1) is 5.92 Å². The molecule has 0 spiro atoms. The SMILES string of the molecule is CCOc1c(Cl)cc(/C=C/C(=O)O[C@H](C(=O)NC(N)=O)C(C)C)cc1OC. The highest BCUT2D eigenvalue weighted by Crippen LogP contribution is 2.36. The van der Waals surface area contributed by atoms with Gasteiger partial charge < -0.3 is 19.9 Å². The molecule has 1 aromatic carbocycles. The predicted octanol–water partition coefficient (Wildman–Crippen LogP) is 2.52. The minimum atomic E-state index is -1.16. The van der Waals surface area contributed by atoms with E-state index in [1.54, 1.807) is 26.0 Å². The molecule has 3 amide bonds. The maximum atomic E-state index is 12.0. The van der Waals surface area contributed by atoms with Crippen LogP contribution in [0.3, 0.4) is 0 Å². The molecule has 0 radical (unpaired) electrons. The molecule has 0 bridgehead atoms. The van der Waals surface area contributed by atoms with Crippen LogP contribution in [-0.2, 0) is 14.3 Å².